The van der Waals surface area contributed by atoms with Crippen LogP contribution in [0.2, 0.25) is 0 Å². The summed E-state index contributed by atoms with van der Waals surface area (Å²) in [5.74, 6) is 0.505. The number of benzene rings is 3. The molecule has 0 fully saturated rings. The number of carbonyl (C=O) groups excluding carboxylic acids is 1. The van der Waals surface area contributed by atoms with Gasteiger partial charge in [-0.05, 0) is 46.4 Å². The molecule has 0 bridgehead atoms. The largest absolute Gasteiger partial charge is 0.493 e. The number of rotatable bonds is 5. The lowest BCUT2D eigenvalue weighted by atomic mass is 9.87. The Bertz CT molecular complexity index is 994. The second kappa shape index (κ2) is 8.78. The molecule has 0 spiro atoms. The fraction of sp³-hybridized carbons (Fsp3) is 0.192. The van der Waals surface area contributed by atoms with Crippen LogP contribution in [-0.4, -0.2) is 13.1 Å². The Kier molecular flexibility index (Phi) is 6.18. The Balaban J connectivity index is 1.75. The van der Waals surface area contributed by atoms with Gasteiger partial charge in [-0.1, -0.05) is 81.5 Å². The van der Waals surface area contributed by atoms with Gasteiger partial charge in [-0.15, -0.1) is 0 Å². The van der Waals surface area contributed by atoms with Crippen LogP contribution in [0.3, 0.4) is 0 Å². The van der Waals surface area contributed by atoms with E-state index in [1.165, 1.54) is 5.56 Å². The molecule has 3 aromatic rings. The number of hydrogen-bond donors (Lipinski definition) is 0. The zero-order valence-electron chi connectivity index (χ0n) is 17.3. The fourth-order valence-corrected chi connectivity index (χ4v) is 2.89. The average molecular weight is 386 g/mol. The zero-order chi connectivity index (χ0) is 20.9. The van der Waals surface area contributed by atoms with Crippen molar-refractivity contribution in [2.24, 2.45) is 0 Å². The smallest absolute Gasteiger partial charge is 0.343 e. The van der Waals surface area contributed by atoms with Crippen LogP contribution in [0.1, 0.15) is 47.8 Å². The highest BCUT2D eigenvalue weighted by atomic mass is 16.6. The minimum absolute atomic E-state index is 0.0365. The summed E-state index contributed by atoms with van der Waals surface area (Å²) in [6, 6.07) is 23.1. The Morgan fingerprint density at radius 3 is 2.07 bits per heavy atom. The molecule has 3 heteroatoms. The third kappa shape index (κ3) is 5.35. The molecule has 0 atom stereocenters. The Hall–Kier alpha value is -3.33. The summed E-state index contributed by atoms with van der Waals surface area (Å²) in [6.07, 6.45) is 4.02. The third-order valence-electron chi connectivity index (χ3n) is 4.64. The standard InChI is InChI=1S/C26H26O3/c1-26(2,3)22-15-13-21(14-16-22)25(27)29-23-17-12-20(18-24(23)28-4)11-10-19-8-6-5-7-9-19/h5-18H,1-4H3/b11-10+. The first-order valence-corrected chi connectivity index (χ1v) is 9.61. The van der Waals surface area contributed by atoms with E-state index in [1.54, 1.807) is 25.3 Å². The van der Waals surface area contributed by atoms with Crippen LogP contribution < -0.4 is 9.47 Å². The summed E-state index contributed by atoms with van der Waals surface area (Å²) < 4.78 is 11.0. The van der Waals surface area contributed by atoms with Gasteiger partial charge in [0.1, 0.15) is 0 Å². The van der Waals surface area contributed by atoms with Gasteiger partial charge in [-0.3, -0.25) is 0 Å². The van der Waals surface area contributed by atoms with E-state index < -0.39 is 5.97 Å². The first kappa shape index (κ1) is 20.4. The van der Waals surface area contributed by atoms with Crippen molar-refractivity contribution in [3.8, 4) is 11.5 Å². The predicted octanol–water partition coefficient (Wildman–Crippen LogP) is 6.38. The molecule has 0 aliphatic rings. The van der Waals surface area contributed by atoms with E-state index in [0.29, 0.717) is 17.1 Å². The molecule has 0 radical (unpaired) electrons. The normalized spacial score (nSPS) is 11.4. The topological polar surface area (TPSA) is 35.5 Å². The number of esters is 1. The quantitative estimate of drug-likeness (QED) is 0.290. The van der Waals surface area contributed by atoms with Gasteiger partial charge in [0, 0.05) is 0 Å². The van der Waals surface area contributed by atoms with Gasteiger partial charge in [-0.25, -0.2) is 4.79 Å². The number of methoxy groups -OCH3 is 1. The molecular weight excluding hydrogens is 360 g/mol. The van der Waals surface area contributed by atoms with E-state index in [9.17, 15) is 4.79 Å². The molecule has 0 aliphatic heterocycles. The molecule has 3 nitrogen and oxygen atoms in total. The molecule has 0 aliphatic carbocycles. The summed E-state index contributed by atoms with van der Waals surface area (Å²) in [5.41, 5.74) is 3.78. The maximum Gasteiger partial charge on any atom is 0.343 e. The molecular formula is C26H26O3. The fourth-order valence-electron chi connectivity index (χ4n) is 2.89. The van der Waals surface area contributed by atoms with Gasteiger partial charge in [0.2, 0.25) is 0 Å². The highest BCUT2D eigenvalue weighted by Crippen LogP contribution is 2.30. The molecule has 0 amide bonds. The lowest BCUT2D eigenvalue weighted by molar-refractivity contribution is 0.0729. The molecule has 0 saturated heterocycles. The van der Waals surface area contributed by atoms with Gasteiger partial charge < -0.3 is 9.47 Å². The molecule has 29 heavy (non-hydrogen) atoms. The van der Waals surface area contributed by atoms with Crippen LogP contribution in [-0.2, 0) is 5.41 Å². The van der Waals surface area contributed by atoms with E-state index in [2.05, 4.69) is 20.8 Å². The van der Waals surface area contributed by atoms with E-state index in [-0.39, 0.29) is 5.41 Å². The molecule has 0 heterocycles. The van der Waals surface area contributed by atoms with Crippen LogP contribution in [0.5, 0.6) is 11.5 Å². The van der Waals surface area contributed by atoms with Crippen molar-refractivity contribution in [1.29, 1.82) is 0 Å². The van der Waals surface area contributed by atoms with E-state index in [1.807, 2.05) is 66.7 Å². The van der Waals surface area contributed by atoms with Crippen LogP contribution in [0.25, 0.3) is 12.2 Å². The van der Waals surface area contributed by atoms with Gasteiger partial charge >= 0.3 is 5.97 Å². The van der Waals surface area contributed by atoms with Gasteiger partial charge in [0.05, 0.1) is 12.7 Å². The van der Waals surface area contributed by atoms with E-state index in [0.717, 1.165) is 11.1 Å². The monoisotopic (exact) mass is 386 g/mol. The van der Waals surface area contributed by atoms with Crippen LogP contribution in [0, 0.1) is 0 Å². The molecule has 3 rings (SSSR count). The first-order chi connectivity index (χ1) is 13.9. The van der Waals surface area contributed by atoms with Crippen molar-refractivity contribution in [3.05, 3.63) is 95.1 Å². The summed E-state index contributed by atoms with van der Waals surface area (Å²) >= 11 is 0. The number of hydrogen-bond acceptors (Lipinski definition) is 3. The van der Waals surface area contributed by atoms with Crippen molar-refractivity contribution in [3.63, 3.8) is 0 Å². The first-order valence-electron chi connectivity index (χ1n) is 9.61. The van der Waals surface area contributed by atoms with Crippen LogP contribution in [0.4, 0.5) is 0 Å². The maximum atomic E-state index is 12.5. The second-order valence-electron chi connectivity index (χ2n) is 7.87. The Morgan fingerprint density at radius 1 is 0.793 bits per heavy atom. The summed E-state index contributed by atoms with van der Waals surface area (Å²) in [7, 11) is 1.56. The Morgan fingerprint density at radius 2 is 1.45 bits per heavy atom. The minimum atomic E-state index is -0.406. The second-order valence-corrected chi connectivity index (χ2v) is 7.87. The molecule has 3 aromatic carbocycles. The SMILES string of the molecule is COc1cc(/C=C/c2ccccc2)ccc1OC(=O)c1ccc(C(C)(C)C)cc1. The lowest BCUT2D eigenvalue weighted by Gasteiger charge is -2.19. The van der Waals surface area contributed by atoms with Gasteiger partial charge in [0.25, 0.3) is 0 Å². The number of carbonyl (C=O) groups is 1. The Labute approximate surface area is 172 Å². The van der Waals surface area contributed by atoms with E-state index in [4.69, 9.17) is 9.47 Å². The number of ether oxygens (including phenoxy) is 2. The average Bonchev–Trinajstić information content (AvgIpc) is 2.73. The van der Waals surface area contributed by atoms with Crippen molar-refractivity contribution in [2.75, 3.05) is 7.11 Å². The molecule has 0 saturated carbocycles. The van der Waals surface area contributed by atoms with Crippen molar-refractivity contribution in [2.45, 2.75) is 26.2 Å². The zero-order valence-corrected chi connectivity index (χ0v) is 17.3. The van der Waals surface area contributed by atoms with Crippen molar-refractivity contribution < 1.29 is 14.3 Å². The van der Waals surface area contributed by atoms with Gasteiger partial charge in [0.15, 0.2) is 11.5 Å². The van der Waals surface area contributed by atoms with Crippen molar-refractivity contribution in [1.82, 2.24) is 0 Å². The van der Waals surface area contributed by atoms with Gasteiger partial charge in [-0.2, -0.15) is 0 Å². The minimum Gasteiger partial charge on any atom is -0.493 e. The lowest BCUT2D eigenvalue weighted by Crippen LogP contribution is -2.13. The van der Waals surface area contributed by atoms with E-state index >= 15 is 0 Å². The highest BCUT2D eigenvalue weighted by Gasteiger charge is 2.16. The molecule has 0 aromatic heterocycles. The predicted molar refractivity (Wildman–Crippen MR) is 118 cm³/mol. The third-order valence-corrected chi connectivity index (χ3v) is 4.64. The van der Waals surface area contributed by atoms with Crippen molar-refractivity contribution >= 4 is 18.1 Å². The highest BCUT2D eigenvalue weighted by molar-refractivity contribution is 5.91. The molecule has 148 valence electrons. The summed E-state index contributed by atoms with van der Waals surface area (Å²) in [5, 5.41) is 0. The van der Waals surface area contributed by atoms with Crippen LogP contribution >= 0.6 is 0 Å². The summed E-state index contributed by atoms with van der Waals surface area (Å²) in [6.45, 7) is 6.41. The molecule has 0 unspecified atom stereocenters. The molecule has 0 N–H and O–H groups in total. The summed E-state index contributed by atoms with van der Waals surface area (Å²) in [4.78, 5) is 12.5. The maximum absolute atomic E-state index is 12.5. The van der Waals surface area contributed by atoms with Crippen LogP contribution in [0.15, 0.2) is 72.8 Å².